The molecule has 0 amide bonds. The highest BCUT2D eigenvalue weighted by Crippen LogP contribution is 2.29. The minimum atomic E-state index is 0.0732. The van der Waals surface area contributed by atoms with Crippen LogP contribution in [-0.2, 0) is 23.7 Å². The monoisotopic (exact) mass is 230 g/mol. The molecule has 0 radical (unpaired) electrons. The Morgan fingerprint density at radius 3 is 1.75 bits per heavy atom. The van der Waals surface area contributed by atoms with Gasteiger partial charge in [-0.15, -0.1) is 0 Å². The fraction of sp³-hybridized carbons (Fsp3) is 1.00. The lowest BCUT2D eigenvalue weighted by Gasteiger charge is -2.40. The maximum Gasteiger partial charge on any atom is 0.104 e. The molecule has 3 aliphatic rings. The van der Waals surface area contributed by atoms with Gasteiger partial charge >= 0.3 is 0 Å². The lowest BCUT2D eigenvalue weighted by Crippen LogP contribution is -2.50. The van der Waals surface area contributed by atoms with E-state index in [0.717, 1.165) is 26.4 Å². The fourth-order valence-electron chi connectivity index (χ4n) is 1.74. The van der Waals surface area contributed by atoms with E-state index in [9.17, 15) is 0 Å². The largest absolute Gasteiger partial charge is 0.380 e. The van der Waals surface area contributed by atoms with E-state index in [-0.39, 0.29) is 5.41 Å². The standard InChI is InChI=1S/C11H18O5/c1(9-3-15-9)12-5-11(7-14-8-11)6-13-2-10-4-16-10/h9-10H,1-8H2. The zero-order chi connectivity index (χ0) is 10.8. The first-order valence-corrected chi connectivity index (χ1v) is 5.83. The van der Waals surface area contributed by atoms with Crippen molar-refractivity contribution in [2.24, 2.45) is 5.41 Å². The van der Waals surface area contributed by atoms with Gasteiger partial charge in [-0.25, -0.2) is 0 Å². The molecule has 0 aromatic carbocycles. The maximum absolute atomic E-state index is 5.62. The highest BCUT2D eigenvalue weighted by molar-refractivity contribution is 4.86. The van der Waals surface area contributed by atoms with Crippen LogP contribution in [0.3, 0.4) is 0 Å². The highest BCUT2D eigenvalue weighted by Gasteiger charge is 2.40. The van der Waals surface area contributed by atoms with Gasteiger partial charge in [0.05, 0.1) is 58.3 Å². The first-order chi connectivity index (χ1) is 7.86. The average Bonchev–Trinajstić information content (AvgIpc) is 3.07. The van der Waals surface area contributed by atoms with Crippen molar-refractivity contribution in [1.82, 2.24) is 0 Å². The van der Waals surface area contributed by atoms with Crippen molar-refractivity contribution < 1.29 is 23.7 Å². The number of epoxide rings is 2. The third-order valence-corrected chi connectivity index (χ3v) is 3.05. The van der Waals surface area contributed by atoms with Crippen molar-refractivity contribution in [3.05, 3.63) is 0 Å². The molecule has 0 aromatic rings. The topological polar surface area (TPSA) is 52.8 Å². The van der Waals surface area contributed by atoms with Gasteiger partial charge in [0.1, 0.15) is 12.2 Å². The molecule has 0 saturated carbocycles. The lowest BCUT2D eigenvalue weighted by atomic mass is 9.88. The van der Waals surface area contributed by atoms with Crippen LogP contribution in [0, 0.1) is 5.41 Å². The van der Waals surface area contributed by atoms with Gasteiger partial charge in [-0.05, 0) is 0 Å². The molecule has 0 spiro atoms. The van der Waals surface area contributed by atoms with Gasteiger partial charge in [-0.2, -0.15) is 0 Å². The van der Waals surface area contributed by atoms with Crippen LogP contribution in [0.25, 0.3) is 0 Å². The molecule has 2 atom stereocenters. The second kappa shape index (κ2) is 4.58. The Morgan fingerprint density at radius 2 is 1.44 bits per heavy atom. The zero-order valence-corrected chi connectivity index (χ0v) is 9.35. The van der Waals surface area contributed by atoms with Crippen LogP contribution < -0.4 is 0 Å². The van der Waals surface area contributed by atoms with Crippen molar-refractivity contribution in [1.29, 1.82) is 0 Å². The summed E-state index contributed by atoms with van der Waals surface area (Å²) < 4.78 is 26.7. The molecule has 3 heterocycles. The van der Waals surface area contributed by atoms with Crippen LogP contribution in [0.15, 0.2) is 0 Å². The molecule has 2 unspecified atom stereocenters. The molecule has 16 heavy (non-hydrogen) atoms. The molecule has 3 rings (SSSR count). The predicted molar refractivity (Wildman–Crippen MR) is 54.4 cm³/mol. The second-order valence-corrected chi connectivity index (χ2v) is 4.93. The minimum absolute atomic E-state index is 0.0732. The Balaban J connectivity index is 1.33. The molecule has 3 fully saturated rings. The summed E-state index contributed by atoms with van der Waals surface area (Å²) in [5.74, 6) is 0. The van der Waals surface area contributed by atoms with Crippen molar-refractivity contribution in [3.8, 4) is 0 Å². The maximum atomic E-state index is 5.62. The van der Waals surface area contributed by atoms with E-state index in [2.05, 4.69) is 0 Å². The molecule has 0 N–H and O–H groups in total. The Morgan fingerprint density at radius 1 is 0.938 bits per heavy atom. The molecule has 0 aromatic heterocycles. The smallest absolute Gasteiger partial charge is 0.104 e. The Bertz CT molecular complexity index is 213. The Kier molecular flexibility index (Phi) is 3.13. The van der Waals surface area contributed by atoms with Crippen LogP contribution in [0.5, 0.6) is 0 Å². The average molecular weight is 230 g/mol. The molecule has 3 aliphatic heterocycles. The van der Waals surface area contributed by atoms with Gasteiger partial charge in [-0.3, -0.25) is 0 Å². The van der Waals surface area contributed by atoms with Crippen molar-refractivity contribution in [3.63, 3.8) is 0 Å². The van der Waals surface area contributed by atoms with Gasteiger partial charge < -0.3 is 23.7 Å². The zero-order valence-electron chi connectivity index (χ0n) is 9.35. The van der Waals surface area contributed by atoms with Crippen LogP contribution in [0.4, 0.5) is 0 Å². The second-order valence-electron chi connectivity index (χ2n) is 4.93. The summed E-state index contributed by atoms with van der Waals surface area (Å²) in [6.45, 7) is 5.99. The van der Waals surface area contributed by atoms with E-state index < -0.39 is 0 Å². The number of hydrogen-bond acceptors (Lipinski definition) is 5. The van der Waals surface area contributed by atoms with E-state index in [1.165, 1.54) is 0 Å². The summed E-state index contributed by atoms with van der Waals surface area (Å²) in [5, 5.41) is 0. The summed E-state index contributed by atoms with van der Waals surface area (Å²) in [6.07, 6.45) is 0.664. The molecular weight excluding hydrogens is 212 g/mol. The molecule has 3 saturated heterocycles. The SMILES string of the molecule is C(OCC1(COCC2CO2)COC1)C1CO1. The fourth-order valence-corrected chi connectivity index (χ4v) is 1.74. The minimum Gasteiger partial charge on any atom is -0.380 e. The first-order valence-electron chi connectivity index (χ1n) is 5.83. The molecule has 92 valence electrons. The first kappa shape index (κ1) is 10.9. The molecule has 5 nitrogen and oxygen atoms in total. The van der Waals surface area contributed by atoms with Gasteiger partial charge in [-0.1, -0.05) is 0 Å². The normalized spacial score (nSPS) is 34.5. The number of ether oxygens (including phenoxy) is 5. The van der Waals surface area contributed by atoms with Gasteiger partial charge in [0, 0.05) is 0 Å². The molecular formula is C11H18O5. The summed E-state index contributed by atoms with van der Waals surface area (Å²) in [7, 11) is 0. The van der Waals surface area contributed by atoms with Crippen LogP contribution >= 0.6 is 0 Å². The molecule has 5 heteroatoms. The summed E-state index contributed by atoms with van der Waals surface area (Å²) >= 11 is 0. The van der Waals surface area contributed by atoms with Gasteiger partial charge in [0.25, 0.3) is 0 Å². The van der Waals surface area contributed by atoms with Gasteiger partial charge in [0.2, 0.25) is 0 Å². The lowest BCUT2D eigenvalue weighted by molar-refractivity contribution is -0.178. The summed E-state index contributed by atoms with van der Waals surface area (Å²) in [4.78, 5) is 0. The van der Waals surface area contributed by atoms with Crippen LogP contribution in [0.2, 0.25) is 0 Å². The highest BCUT2D eigenvalue weighted by atomic mass is 16.6. The third kappa shape index (κ3) is 2.93. The number of rotatable bonds is 8. The third-order valence-electron chi connectivity index (χ3n) is 3.05. The van der Waals surface area contributed by atoms with E-state index >= 15 is 0 Å². The Hall–Kier alpha value is -0.200. The molecule has 0 bridgehead atoms. The van der Waals surface area contributed by atoms with Crippen molar-refractivity contribution in [2.45, 2.75) is 12.2 Å². The summed E-state index contributed by atoms with van der Waals surface area (Å²) in [6, 6.07) is 0. The van der Waals surface area contributed by atoms with E-state index in [0.29, 0.717) is 38.6 Å². The quantitative estimate of drug-likeness (QED) is 0.542. The Labute approximate surface area is 94.9 Å². The van der Waals surface area contributed by atoms with E-state index in [1.807, 2.05) is 0 Å². The predicted octanol–water partition coefficient (Wildman–Crippen LogP) is -0.166. The van der Waals surface area contributed by atoms with Crippen molar-refractivity contribution >= 4 is 0 Å². The van der Waals surface area contributed by atoms with E-state index in [1.54, 1.807) is 0 Å². The van der Waals surface area contributed by atoms with Crippen LogP contribution in [-0.4, -0.2) is 65.1 Å². The summed E-state index contributed by atoms with van der Waals surface area (Å²) in [5.41, 5.74) is 0.0732. The van der Waals surface area contributed by atoms with Gasteiger partial charge in [0.15, 0.2) is 0 Å². The van der Waals surface area contributed by atoms with Crippen molar-refractivity contribution in [2.75, 3.05) is 52.9 Å². The number of hydrogen-bond donors (Lipinski definition) is 0. The van der Waals surface area contributed by atoms with E-state index in [4.69, 9.17) is 23.7 Å². The van der Waals surface area contributed by atoms with Crippen LogP contribution in [0.1, 0.15) is 0 Å². The molecule has 0 aliphatic carbocycles.